The summed E-state index contributed by atoms with van der Waals surface area (Å²) in [4.78, 5) is 0. The molecule has 0 radical (unpaired) electrons. The van der Waals surface area contributed by atoms with Crippen LogP contribution in [0.2, 0.25) is 0 Å². The summed E-state index contributed by atoms with van der Waals surface area (Å²) in [6, 6.07) is 0. The average molecular weight is 255 g/mol. The molecule has 3 nitrogen and oxygen atoms in total. The second-order valence-electron chi connectivity index (χ2n) is 6.12. The zero-order chi connectivity index (χ0) is 12.6. The van der Waals surface area contributed by atoms with Crippen molar-refractivity contribution in [1.82, 2.24) is 5.32 Å². The molecule has 2 N–H and O–H groups in total. The zero-order valence-corrected chi connectivity index (χ0v) is 11.6. The number of nitrogens with one attached hydrogen (secondary N) is 1. The number of hydrogen-bond donors (Lipinski definition) is 2. The van der Waals surface area contributed by atoms with E-state index in [1.165, 1.54) is 45.1 Å². The van der Waals surface area contributed by atoms with Crippen LogP contribution in [0.4, 0.5) is 0 Å². The van der Waals surface area contributed by atoms with Crippen LogP contribution in [0.3, 0.4) is 0 Å². The van der Waals surface area contributed by atoms with Gasteiger partial charge in [0.2, 0.25) is 0 Å². The zero-order valence-electron chi connectivity index (χ0n) is 11.6. The summed E-state index contributed by atoms with van der Waals surface area (Å²) in [5.74, 6) is 1.54. The van der Waals surface area contributed by atoms with Gasteiger partial charge in [-0.15, -0.1) is 0 Å². The Morgan fingerprint density at radius 1 is 1.11 bits per heavy atom. The van der Waals surface area contributed by atoms with Crippen molar-refractivity contribution in [3.8, 4) is 0 Å². The van der Waals surface area contributed by atoms with Gasteiger partial charge in [-0.2, -0.15) is 0 Å². The second kappa shape index (κ2) is 8.13. The number of aliphatic hydroxyl groups excluding tert-OH is 1. The van der Waals surface area contributed by atoms with E-state index >= 15 is 0 Å². The molecule has 106 valence electrons. The number of hydrogen-bond acceptors (Lipinski definition) is 3. The summed E-state index contributed by atoms with van der Waals surface area (Å²) >= 11 is 0. The van der Waals surface area contributed by atoms with Crippen LogP contribution in [0.15, 0.2) is 0 Å². The highest BCUT2D eigenvalue weighted by atomic mass is 16.5. The smallest absolute Gasteiger partial charge is 0.0776 e. The molecule has 0 aromatic rings. The van der Waals surface area contributed by atoms with E-state index in [0.717, 1.165) is 37.8 Å². The lowest BCUT2D eigenvalue weighted by molar-refractivity contribution is 0.0190. The first-order chi connectivity index (χ1) is 8.84. The minimum atomic E-state index is -0.238. The van der Waals surface area contributed by atoms with Crippen LogP contribution < -0.4 is 5.32 Å². The van der Waals surface area contributed by atoms with Crippen molar-refractivity contribution in [2.45, 2.75) is 57.5 Å². The Morgan fingerprint density at radius 3 is 2.61 bits per heavy atom. The maximum Gasteiger partial charge on any atom is 0.0776 e. The Bertz CT molecular complexity index is 211. The van der Waals surface area contributed by atoms with Gasteiger partial charge < -0.3 is 15.2 Å². The number of rotatable bonds is 7. The molecule has 0 bridgehead atoms. The summed E-state index contributed by atoms with van der Waals surface area (Å²) in [6.45, 7) is 3.68. The minimum Gasteiger partial charge on any atom is -0.391 e. The van der Waals surface area contributed by atoms with Crippen molar-refractivity contribution < 1.29 is 9.84 Å². The maximum absolute atomic E-state index is 9.91. The first kappa shape index (κ1) is 14.3. The van der Waals surface area contributed by atoms with Crippen molar-refractivity contribution in [3.05, 3.63) is 0 Å². The first-order valence-corrected chi connectivity index (χ1v) is 7.81. The van der Waals surface area contributed by atoms with Crippen molar-refractivity contribution in [1.29, 1.82) is 0 Å². The minimum absolute atomic E-state index is 0.238. The van der Waals surface area contributed by atoms with E-state index in [1.54, 1.807) is 0 Å². The van der Waals surface area contributed by atoms with Crippen molar-refractivity contribution in [2.24, 2.45) is 11.8 Å². The monoisotopic (exact) mass is 255 g/mol. The van der Waals surface area contributed by atoms with E-state index in [4.69, 9.17) is 4.74 Å². The highest BCUT2D eigenvalue weighted by Crippen LogP contribution is 2.28. The van der Waals surface area contributed by atoms with Crippen LogP contribution in [-0.2, 0) is 4.74 Å². The molecule has 2 aliphatic rings. The van der Waals surface area contributed by atoms with Crippen molar-refractivity contribution in [2.75, 3.05) is 26.3 Å². The van der Waals surface area contributed by atoms with E-state index in [2.05, 4.69) is 5.32 Å². The molecular formula is C15H29NO2. The Hall–Kier alpha value is -0.120. The summed E-state index contributed by atoms with van der Waals surface area (Å²) in [6.07, 6.45) is 9.82. The van der Waals surface area contributed by atoms with E-state index < -0.39 is 0 Å². The highest BCUT2D eigenvalue weighted by Gasteiger charge is 2.19. The molecule has 1 aliphatic heterocycles. The Labute approximate surface area is 111 Å². The molecule has 0 aromatic heterocycles. The molecule has 3 heteroatoms. The third kappa shape index (κ3) is 5.25. The van der Waals surface area contributed by atoms with Gasteiger partial charge in [-0.3, -0.25) is 0 Å². The van der Waals surface area contributed by atoms with E-state index in [1.807, 2.05) is 0 Å². The van der Waals surface area contributed by atoms with E-state index in [0.29, 0.717) is 6.61 Å². The molecule has 0 amide bonds. The number of piperidine rings is 1. The lowest BCUT2D eigenvalue weighted by Crippen LogP contribution is -2.30. The molecule has 1 saturated heterocycles. The van der Waals surface area contributed by atoms with Crippen molar-refractivity contribution >= 4 is 0 Å². The Kier molecular flexibility index (Phi) is 6.46. The summed E-state index contributed by atoms with van der Waals surface area (Å²) in [5, 5.41) is 13.3. The lowest BCUT2D eigenvalue weighted by atomic mass is 9.97. The SMILES string of the molecule is OC(COCCC1CCCNC1)CC1CCCC1. The molecule has 18 heavy (non-hydrogen) atoms. The molecule has 2 unspecified atom stereocenters. The normalized spacial score (nSPS) is 27.5. The highest BCUT2D eigenvalue weighted by molar-refractivity contribution is 4.71. The van der Waals surface area contributed by atoms with Gasteiger partial charge in [0, 0.05) is 6.61 Å². The van der Waals surface area contributed by atoms with Crippen LogP contribution in [0.25, 0.3) is 0 Å². The van der Waals surface area contributed by atoms with Crippen LogP contribution >= 0.6 is 0 Å². The molecule has 1 aliphatic carbocycles. The van der Waals surface area contributed by atoms with Crippen LogP contribution in [0.5, 0.6) is 0 Å². The van der Waals surface area contributed by atoms with Gasteiger partial charge in [0.25, 0.3) is 0 Å². The lowest BCUT2D eigenvalue weighted by Gasteiger charge is -2.23. The molecule has 0 aromatic carbocycles. The predicted octanol–water partition coefficient (Wildman–Crippen LogP) is 2.33. The summed E-state index contributed by atoms with van der Waals surface area (Å²) in [5.41, 5.74) is 0. The standard InChI is InChI=1S/C15H29NO2/c17-15(10-13-4-1-2-5-13)12-18-9-7-14-6-3-8-16-11-14/h13-17H,1-12H2. The first-order valence-electron chi connectivity index (χ1n) is 7.81. The number of aliphatic hydroxyl groups is 1. The molecule has 0 spiro atoms. The van der Waals surface area contributed by atoms with Gasteiger partial charge >= 0.3 is 0 Å². The average Bonchev–Trinajstić information content (AvgIpc) is 2.89. The summed E-state index contributed by atoms with van der Waals surface area (Å²) in [7, 11) is 0. The Morgan fingerprint density at radius 2 is 1.89 bits per heavy atom. The van der Waals surface area contributed by atoms with Gasteiger partial charge in [-0.25, -0.2) is 0 Å². The quantitative estimate of drug-likeness (QED) is 0.686. The van der Waals surface area contributed by atoms with Gasteiger partial charge in [-0.05, 0) is 50.6 Å². The summed E-state index contributed by atoms with van der Waals surface area (Å²) < 4.78 is 5.63. The molecule has 1 heterocycles. The van der Waals surface area contributed by atoms with Crippen LogP contribution in [0, 0.1) is 11.8 Å². The fourth-order valence-electron chi connectivity index (χ4n) is 3.34. The van der Waals surface area contributed by atoms with Crippen molar-refractivity contribution in [3.63, 3.8) is 0 Å². The maximum atomic E-state index is 9.91. The third-order valence-corrected chi connectivity index (χ3v) is 4.46. The van der Waals surface area contributed by atoms with E-state index in [9.17, 15) is 5.11 Å². The molecule has 2 atom stereocenters. The van der Waals surface area contributed by atoms with Gasteiger partial charge in [0.05, 0.1) is 12.7 Å². The fraction of sp³-hybridized carbons (Fsp3) is 1.00. The predicted molar refractivity (Wildman–Crippen MR) is 73.6 cm³/mol. The molecular weight excluding hydrogens is 226 g/mol. The van der Waals surface area contributed by atoms with Gasteiger partial charge in [0.15, 0.2) is 0 Å². The topological polar surface area (TPSA) is 41.5 Å². The number of ether oxygens (including phenoxy) is 1. The third-order valence-electron chi connectivity index (χ3n) is 4.46. The molecule has 2 fully saturated rings. The second-order valence-corrected chi connectivity index (χ2v) is 6.12. The Balaban J connectivity index is 1.46. The molecule has 2 rings (SSSR count). The van der Waals surface area contributed by atoms with Crippen LogP contribution in [0.1, 0.15) is 51.4 Å². The largest absolute Gasteiger partial charge is 0.391 e. The van der Waals surface area contributed by atoms with Crippen LogP contribution in [-0.4, -0.2) is 37.5 Å². The molecule has 1 saturated carbocycles. The van der Waals surface area contributed by atoms with Gasteiger partial charge in [0.1, 0.15) is 0 Å². The van der Waals surface area contributed by atoms with E-state index in [-0.39, 0.29) is 6.10 Å². The fourth-order valence-corrected chi connectivity index (χ4v) is 3.34. The van der Waals surface area contributed by atoms with Gasteiger partial charge in [-0.1, -0.05) is 25.7 Å².